The van der Waals surface area contributed by atoms with Gasteiger partial charge in [-0.3, -0.25) is 0 Å². The lowest BCUT2D eigenvalue weighted by Crippen LogP contribution is -2.47. The van der Waals surface area contributed by atoms with Crippen LogP contribution in [-0.4, -0.2) is 40.6 Å². The van der Waals surface area contributed by atoms with E-state index in [2.05, 4.69) is 23.1 Å². The molecule has 0 atom stereocenters. The standard InChI is InChI=1S/C20H28N2O4/c1-20(2,3)26-19(23)21-11-9-17(10-12-21)22(16-7-5-4-6-8-16)18-15-24-13-14-25-18/h4-5,7,13-15,17H,6,8-12H2,1-3H3. The van der Waals surface area contributed by atoms with E-state index >= 15 is 0 Å². The van der Waals surface area contributed by atoms with Crippen LogP contribution in [0.4, 0.5) is 4.79 Å². The first kappa shape index (κ1) is 18.4. The minimum atomic E-state index is -0.469. The molecule has 26 heavy (non-hydrogen) atoms. The summed E-state index contributed by atoms with van der Waals surface area (Å²) in [5.74, 6) is 0.699. The van der Waals surface area contributed by atoms with Crippen molar-refractivity contribution < 1.29 is 19.0 Å². The van der Waals surface area contributed by atoms with Crippen molar-refractivity contribution >= 4 is 6.09 Å². The predicted octanol–water partition coefficient (Wildman–Crippen LogP) is 4.24. The van der Waals surface area contributed by atoms with Gasteiger partial charge in [0.1, 0.15) is 18.1 Å². The molecule has 1 saturated heterocycles. The third-order valence-corrected chi connectivity index (χ3v) is 4.51. The minimum absolute atomic E-state index is 0.235. The highest BCUT2D eigenvalue weighted by atomic mass is 16.6. The lowest BCUT2D eigenvalue weighted by molar-refractivity contribution is 0.0146. The number of carbonyl (C=O) groups excluding carboxylic acids is 1. The SMILES string of the molecule is CC(C)(C)OC(=O)N1CCC(N(C2=CC=CCC2)C2=COC=CO2)CC1. The molecule has 1 aliphatic carbocycles. The molecule has 2 heterocycles. The van der Waals surface area contributed by atoms with Crippen LogP contribution in [0.1, 0.15) is 46.5 Å². The molecular formula is C20H28N2O4. The van der Waals surface area contributed by atoms with Crippen molar-refractivity contribution in [3.8, 4) is 0 Å². The number of piperidine rings is 1. The molecule has 6 nitrogen and oxygen atoms in total. The number of nitrogens with zero attached hydrogens (tertiary/aromatic N) is 2. The van der Waals surface area contributed by atoms with E-state index in [0.29, 0.717) is 19.0 Å². The Morgan fingerprint density at radius 2 is 2.04 bits per heavy atom. The molecule has 0 spiro atoms. The van der Waals surface area contributed by atoms with Gasteiger partial charge in [-0.15, -0.1) is 0 Å². The lowest BCUT2D eigenvalue weighted by Gasteiger charge is -2.41. The molecule has 1 fully saturated rings. The molecule has 2 aliphatic heterocycles. The monoisotopic (exact) mass is 360 g/mol. The highest BCUT2D eigenvalue weighted by Crippen LogP contribution is 2.31. The lowest BCUT2D eigenvalue weighted by atomic mass is 10.0. The Morgan fingerprint density at radius 1 is 1.27 bits per heavy atom. The Bertz CT molecular complexity index is 635. The average Bonchev–Trinajstić information content (AvgIpc) is 2.63. The fourth-order valence-electron chi connectivity index (χ4n) is 3.35. The fourth-order valence-corrected chi connectivity index (χ4v) is 3.35. The van der Waals surface area contributed by atoms with Crippen LogP contribution in [0, 0.1) is 0 Å². The first-order valence-corrected chi connectivity index (χ1v) is 9.24. The van der Waals surface area contributed by atoms with E-state index in [0.717, 1.165) is 25.7 Å². The van der Waals surface area contributed by atoms with E-state index in [-0.39, 0.29) is 12.1 Å². The zero-order chi connectivity index (χ0) is 18.6. The second-order valence-electron chi connectivity index (χ2n) is 7.68. The summed E-state index contributed by atoms with van der Waals surface area (Å²) in [5.41, 5.74) is 0.747. The number of amides is 1. The molecule has 0 saturated carbocycles. The number of carbonyl (C=O) groups is 1. The van der Waals surface area contributed by atoms with Gasteiger partial charge in [-0.2, -0.15) is 0 Å². The largest absolute Gasteiger partial charge is 0.464 e. The molecule has 3 aliphatic rings. The molecule has 0 aromatic rings. The van der Waals surface area contributed by atoms with Gasteiger partial charge in [0.05, 0.1) is 0 Å². The summed E-state index contributed by atoms with van der Waals surface area (Å²) in [4.78, 5) is 16.3. The van der Waals surface area contributed by atoms with Crippen LogP contribution in [0.5, 0.6) is 0 Å². The van der Waals surface area contributed by atoms with Crippen molar-refractivity contribution in [3.63, 3.8) is 0 Å². The fraction of sp³-hybridized carbons (Fsp3) is 0.550. The van der Waals surface area contributed by atoms with Gasteiger partial charge in [-0.1, -0.05) is 12.2 Å². The smallest absolute Gasteiger partial charge is 0.410 e. The Balaban J connectivity index is 1.67. The molecule has 0 aromatic heterocycles. The Kier molecular flexibility index (Phi) is 5.59. The number of hydrogen-bond donors (Lipinski definition) is 0. The van der Waals surface area contributed by atoms with Crippen molar-refractivity contribution in [2.75, 3.05) is 13.1 Å². The van der Waals surface area contributed by atoms with Gasteiger partial charge in [-0.25, -0.2) is 4.79 Å². The summed E-state index contributed by atoms with van der Waals surface area (Å²) in [5, 5.41) is 0. The maximum Gasteiger partial charge on any atom is 0.410 e. The molecule has 0 radical (unpaired) electrons. The first-order chi connectivity index (χ1) is 12.4. The second kappa shape index (κ2) is 7.89. The van der Waals surface area contributed by atoms with E-state index in [4.69, 9.17) is 14.2 Å². The van der Waals surface area contributed by atoms with Crippen molar-refractivity contribution in [3.05, 3.63) is 48.6 Å². The Labute approximate surface area is 155 Å². The third kappa shape index (κ3) is 4.62. The van der Waals surface area contributed by atoms with E-state index in [9.17, 15) is 4.79 Å². The van der Waals surface area contributed by atoms with Crippen LogP contribution in [0.3, 0.4) is 0 Å². The Morgan fingerprint density at radius 3 is 2.62 bits per heavy atom. The number of rotatable bonds is 3. The molecule has 0 bridgehead atoms. The van der Waals surface area contributed by atoms with E-state index < -0.39 is 5.60 Å². The van der Waals surface area contributed by atoms with Crippen molar-refractivity contribution in [2.24, 2.45) is 0 Å². The highest BCUT2D eigenvalue weighted by Gasteiger charge is 2.32. The number of hydrogen-bond acceptors (Lipinski definition) is 5. The molecule has 0 aromatic carbocycles. The van der Waals surface area contributed by atoms with E-state index in [1.165, 1.54) is 12.0 Å². The summed E-state index contributed by atoms with van der Waals surface area (Å²) in [7, 11) is 0. The molecule has 142 valence electrons. The normalized spacial score (nSPS) is 20.7. The van der Waals surface area contributed by atoms with Gasteiger partial charge < -0.3 is 24.0 Å². The topological polar surface area (TPSA) is 51.2 Å². The van der Waals surface area contributed by atoms with E-state index in [1.54, 1.807) is 17.4 Å². The van der Waals surface area contributed by atoms with Crippen molar-refractivity contribution in [1.82, 2.24) is 9.80 Å². The van der Waals surface area contributed by atoms with Crippen LogP contribution < -0.4 is 0 Å². The molecular weight excluding hydrogens is 332 g/mol. The first-order valence-electron chi connectivity index (χ1n) is 9.24. The highest BCUT2D eigenvalue weighted by molar-refractivity contribution is 5.68. The quantitative estimate of drug-likeness (QED) is 0.753. The minimum Gasteiger partial charge on any atom is -0.464 e. The van der Waals surface area contributed by atoms with Crippen LogP contribution in [0.25, 0.3) is 0 Å². The van der Waals surface area contributed by atoms with E-state index in [1.807, 2.05) is 20.8 Å². The van der Waals surface area contributed by atoms with Gasteiger partial charge >= 0.3 is 6.09 Å². The maximum absolute atomic E-state index is 12.3. The van der Waals surface area contributed by atoms with Gasteiger partial charge in [0, 0.05) is 24.8 Å². The van der Waals surface area contributed by atoms with Crippen LogP contribution in [0.2, 0.25) is 0 Å². The predicted molar refractivity (Wildman–Crippen MR) is 98.5 cm³/mol. The van der Waals surface area contributed by atoms with Crippen molar-refractivity contribution in [2.45, 2.75) is 58.1 Å². The Hall–Kier alpha value is -2.37. The summed E-state index contributed by atoms with van der Waals surface area (Å²) in [6, 6.07) is 0.257. The van der Waals surface area contributed by atoms with Gasteiger partial charge in [-0.05, 0) is 52.5 Å². The van der Waals surface area contributed by atoms with Gasteiger partial charge in [0.25, 0.3) is 0 Å². The van der Waals surface area contributed by atoms with Crippen LogP contribution in [-0.2, 0) is 14.2 Å². The number of ether oxygens (including phenoxy) is 3. The zero-order valence-electron chi connectivity index (χ0n) is 15.8. The maximum atomic E-state index is 12.3. The molecule has 6 heteroatoms. The van der Waals surface area contributed by atoms with Gasteiger partial charge in [0.2, 0.25) is 5.88 Å². The summed E-state index contributed by atoms with van der Waals surface area (Å²) in [6.45, 7) is 7.01. The molecule has 3 rings (SSSR count). The van der Waals surface area contributed by atoms with Gasteiger partial charge in [0.15, 0.2) is 6.26 Å². The third-order valence-electron chi connectivity index (χ3n) is 4.51. The molecule has 0 N–H and O–H groups in total. The van der Waals surface area contributed by atoms with Crippen molar-refractivity contribution in [1.29, 1.82) is 0 Å². The van der Waals surface area contributed by atoms with Crippen LogP contribution >= 0.6 is 0 Å². The second-order valence-corrected chi connectivity index (χ2v) is 7.68. The zero-order valence-corrected chi connectivity index (χ0v) is 15.8. The summed E-state index contributed by atoms with van der Waals surface area (Å²) < 4.78 is 16.5. The molecule has 0 unspecified atom stereocenters. The summed E-state index contributed by atoms with van der Waals surface area (Å²) >= 11 is 0. The average molecular weight is 360 g/mol. The number of likely N-dealkylation sites (tertiary alicyclic amines) is 1. The van der Waals surface area contributed by atoms with Crippen LogP contribution in [0.15, 0.2) is 48.6 Å². The summed E-state index contributed by atoms with van der Waals surface area (Å²) in [6.07, 6.45) is 14.5. The number of allylic oxidation sites excluding steroid dienone is 4. The molecule has 1 amide bonds.